The number of nitrogens with zero attached hydrogens (tertiary/aromatic N) is 1. The van der Waals surface area contributed by atoms with Crippen LogP contribution in [0.3, 0.4) is 0 Å². The Bertz CT molecular complexity index is 523. The summed E-state index contributed by atoms with van der Waals surface area (Å²) in [4.78, 5) is 11.6. The van der Waals surface area contributed by atoms with Crippen LogP contribution in [0.5, 0.6) is 0 Å². The number of esters is 1. The van der Waals surface area contributed by atoms with E-state index in [-0.39, 0.29) is 18.4 Å². The van der Waals surface area contributed by atoms with Crippen LogP contribution >= 0.6 is 12.4 Å². The normalized spacial score (nSPS) is 9.61. The van der Waals surface area contributed by atoms with E-state index >= 15 is 0 Å². The number of aromatic nitrogens is 1. The molecule has 1 aromatic heterocycles. The number of benzene rings is 1. The van der Waals surface area contributed by atoms with E-state index in [0.717, 1.165) is 5.69 Å². The van der Waals surface area contributed by atoms with Crippen molar-refractivity contribution in [3.8, 4) is 5.69 Å². The minimum Gasteiger partial charge on any atom is -0.462 e. The van der Waals surface area contributed by atoms with E-state index in [9.17, 15) is 4.79 Å². The number of carbonyl (C=O) groups excluding carboxylic acids is 1. The third-order valence-corrected chi connectivity index (χ3v) is 2.41. The summed E-state index contributed by atoms with van der Waals surface area (Å²) in [5.74, 6) is -0.389. The highest BCUT2D eigenvalue weighted by atomic mass is 35.5. The molecule has 0 spiro atoms. The van der Waals surface area contributed by atoms with Gasteiger partial charge in [0.05, 0.1) is 12.3 Å². The average molecular weight is 267 g/mol. The average Bonchev–Trinajstić information content (AvgIpc) is 2.73. The Balaban J connectivity index is 0.00000162. The van der Waals surface area contributed by atoms with Gasteiger partial charge in [0.25, 0.3) is 0 Å². The van der Waals surface area contributed by atoms with Gasteiger partial charge in [-0.3, -0.25) is 0 Å². The van der Waals surface area contributed by atoms with Gasteiger partial charge >= 0.3 is 5.97 Å². The van der Waals surface area contributed by atoms with Gasteiger partial charge in [-0.25, -0.2) is 4.79 Å². The van der Waals surface area contributed by atoms with Gasteiger partial charge < -0.3 is 15.0 Å². The summed E-state index contributed by atoms with van der Waals surface area (Å²) in [6.07, 6.45) is 3.39. The molecule has 0 aliphatic heterocycles. The Hall–Kier alpha value is -1.94. The summed E-state index contributed by atoms with van der Waals surface area (Å²) in [5, 5.41) is 0. The molecule has 0 unspecified atom stereocenters. The number of ether oxygens (including phenoxy) is 1. The molecule has 1 heterocycles. The molecule has 0 saturated heterocycles. The molecule has 2 N–H and O–H groups in total. The van der Waals surface area contributed by atoms with Crippen LogP contribution in [0.4, 0.5) is 5.69 Å². The Kier molecular flexibility index (Phi) is 4.80. The molecule has 0 fully saturated rings. The monoisotopic (exact) mass is 266 g/mol. The van der Waals surface area contributed by atoms with E-state index in [2.05, 4.69) is 0 Å². The van der Waals surface area contributed by atoms with Crippen molar-refractivity contribution in [1.82, 2.24) is 4.57 Å². The zero-order chi connectivity index (χ0) is 12.3. The maximum atomic E-state index is 11.6. The Labute approximate surface area is 112 Å². The molecular weight excluding hydrogens is 252 g/mol. The fourth-order valence-corrected chi connectivity index (χ4v) is 1.60. The zero-order valence-corrected chi connectivity index (χ0v) is 10.8. The Morgan fingerprint density at radius 1 is 1.28 bits per heavy atom. The summed E-state index contributed by atoms with van der Waals surface area (Å²) in [7, 11) is 0. The molecule has 1 aromatic carbocycles. The predicted octanol–water partition coefficient (Wildman–Crippen LogP) is 2.66. The van der Waals surface area contributed by atoms with Crippen LogP contribution in [0, 0.1) is 0 Å². The van der Waals surface area contributed by atoms with Crippen LogP contribution in [0.1, 0.15) is 17.3 Å². The topological polar surface area (TPSA) is 57.2 Å². The Morgan fingerprint density at radius 2 is 1.94 bits per heavy atom. The maximum Gasteiger partial charge on any atom is 0.341 e. The van der Waals surface area contributed by atoms with Crippen LogP contribution < -0.4 is 5.73 Å². The van der Waals surface area contributed by atoms with E-state index in [1.165, 1.54) is 0 Å². The van der Waals surface area contributed by atoms with Crippen molar-refractivity contribution in [2.75, 3.05) is 12.3 Å². The van der Waals surface area contributed by atoms with E-state index < -0.39 is 0 Å². The summed E-state index contributed by atoms with van der Waals surface area (Å²) >= 11 is 0. The van der Waals surface area contributed by atoms with Crippen molar-refractivity contribution >= 4 is 24.1 Å². The van der Waals surface area contributed by atoms with Gasteiger partial charge in [-0.2, -0.15) is 0 Å². The zero-order valence-electron chi connectivity index (χ0n) is 10.00. The first kappa shape index (κ1) is 14.1. The number of nitrogens with two attached hydrogens (primary N) is 1. The van der Waals surface area contributed by atoms with Crippen molar-refractivity contribution < 1.29 is 9.53 Å². The lowest BCUT2D eigenvalue weighted by atomic mass is 10.3. The summed E-state index contributed by atoms with van der Waals surface area (Å²) in [5.41, 5.74) is 7.56. The quantitative estimate of drug-likeness (QED) is 0.869. The van der Waals surface area contributed by atoms with Crippen LogP contribution in [-0.4, -0.2) is 17.1 Å². The molecular formula is C13H15ClN2O2. The number of anilines is 1. The predicted molar refractivity (Wildman–Crippen MR) is 73.4 cm³/mol. The number of carbonyl (C=O) groups is 1. The lowest BCUT2D eigenvalue weighted by molar-refractivity contribution is 0.0527. The molecule has 0 atom stereocenters. The van der Waals surface area contributed by atoms with E-state index in [0.29, 0.717) is 17.9 Å². The van der Waals surface area contributed by atoms with Gasteiger partial charge in [0, 0.05) is 18.1 Å². The van der Waals surface area contributed by atoms with E-state index in [4.69, 9.17) is 10.5 Å². The van der Waals surface area contributed by atoms with Crippen molar-refractivity contribution in [3.63, 3.8) is 0 Å². The molecule has 0 aliphatic rings. The molecule has 18 heavy (non-hydrogen) atoms. The van der Waals surface area contributed by atoms with Crippen LogP contribution in [-0.2, 0) is 4.74 Å². The lowest BCUT2D eigenvalue weighted by Crippen LogP contribution is -2.05. The number of nitrogen functional groups attached to an aromatic ring is 1. The molecule has 0 radical (unpaired) electrons. The molecule has 96 valence electrons. The molecule has 0 aliphatic carbocycles. The third-order valence-electron chi connectivity index (χ3n) is 2.41. The van der Waals surface area contributed by atoms with Gasteiger partial charge in [0.15, 0.2) is 0 Å². The maximum absolute atomic E-state index is 11.6. The number of hydrogen-bond donors (Lipinski definition) is 1. The third kappa shape index (κ3) is 2.84. The Morgan fingerprint density at radius 3 is 2.56 bits per heavy atom. The highest BCUT2D eigenvalue weighted by molar-refractivity contribution is 5.95. The summed E-state index contributed by atoms with van der Waals surface area (Å²) in [6.45, 7) is 2.11. The standard InChI is InChI=1S/C13H14N2O2.ClH/c1-2-17-13(16)11-8-15(9-12(11)14)10-6-4-3-5-7-10;/h3-9H,2,14H2,1H3;1H. The highest BCUT2D eigenvalue weighted by Crippen LogP contribution is 2.18. The van der Waals surface area contributed by atoms with Gasteiger partial charge in [-0.1, -0.05) is 18.2 Å². The number of rotatable bonds is 3. The first-order valence-corrected chi connectivity index (χ1v) is 5.42. The number of hydrogen-bond acceptors (Lipinski definition) is 3. The van der Waals surface area contributed by atoms with Crippen molar-refractivity contribution in [1.29, 1.82) is 0 Å². The van der Waals surface area contributed by atoms with E-state index in [1.807, 2.05) is 34.9 Å². The van der Waals surface area contributed by atoms with Crippen molar-refractivity contribution in [3.05, 3.63) is 48.3 Å². The minimum atomic E-state index is -0.389. The van der Waals surface area contributed by atoms with Gasteiger partial charge in [0.2, 0.25) is 0 Å². The van der Waals surface area contributed by atoms with Gasteiger partial charge in [-0.05, 0) is 19.1 Å². The smallest absolute Gasteiger partial charge is 0.341 e. The SMILES string of the molecule is CCOC(=O)c1cn(-c2ccccc2)cc1N.Cl. The largest absolute Gasteiger partial charge is 0.462 e. The van der Waals surface area contributed by atoms with Crippen LogP contribution in [0.2, 0.25) is 0 Å². The molecule has 2 aromatic rings. The number of para-hydroxylation sites is 1. The fourth-order valence-electron chi connectivity index (χ4n) is 1.60. The summed E-state index contributed by atoms with van der Waals surface area (Å²) in [6, 6.07) is 9.66. The highest BCUT2D eigenvalue weighted by Gasteiger charge is 2.13. The van der Waals surface area contributed by atoms with Crippen molar-refractivity contribution in [2.45, 2.75) is 6.92 Å². The van der Waals surface area contributed by atoms with Crippen LogP contribution in [0.15, 0.2) is 42.7 Å². The van der Waals surface area contributed by atoms with Gasteiger partial charge in [0.1, 0.15) is 5.56 Å². The second-order valence-electron chi connectivity index (χ2n) is 3.59. The molecule has 4 nitrogen and oxygen atoms in total. The molecule has 0 amide bonds. The van der Waals surface area contributed by atoms with Gasteiger partial charge in [-0.15, -0.1) is 12.4 Å². The molecule has 0 saturated carbocycles. The fraction of sp³-hybridized carbons (Fsp3) is 0.154. The first-order valence-electron chi connectivity index (χ1n) is 5.42. The minimum absolute atomic E-state index is 0. The first-order chi connectivity index (χ1) is 8.22. The van der Waals surface area contributed by atoms with E-state index in [1.54, 1.807) is 19.3 Å². The number of halogens is 1. The molecule has 0 bridgehead atoms. The van der Waals surface area contributed by atoms with Crippen molar-refractivity contribution in [2.24, 2.45) is 0 Å². The van der Waals surface area contributed by atoms with Crippen LogP contribution in [0.25, 0.3) is 5.69 Å². The molecule has 2 rings (SSSR count). The lowest BCUT2D eigenvalue weighted by Gasteiger charge is -2.01. The second-order valence-corrected chi connectivity index (χ2v) is 3.59. The second kappa shape index (κ2) is 6.12. The molecule has 5 heteroatoms. The summed E-state index contributed by atoms with van der Waals surface area (Å²) < 4.78 is 6.73.